The zero-order valence-electron chi connectivity index (χ0n) is 10.5. The first-order valence-electron chi connectivity index (χ1n) is 5.86. The van der Waals surface area contributed by atoms with Crippen LogP contribution in [0.4, 0.5) is 0 Å². The molecule has 0 saturated carbocycles. The lowest BCUT2D eigenvalue weighted by Gasteiger charge is -1.95. The minimum atomic E-state index is -3.77. The highest BCUT2D eigenvalue weighted by atomic mass is 35.7. The second kappa shape index (κ2) is 4.61. The van der Waals surface area contributed by atoms with Crippen LogP contribution in [-0.2, 0) is 9.05 Å². The molecule has 0 aliphatic heterocycles. The molecule has 0 aliphatic carbocycles. The Balaban J connectivity index is 2.13. The summed E-state index contributed by atoms with van der Waals surface area (Å²) in [5, 5.41) is 0. The average molecular weight is 308 g/mol. The maximum absolute atomic E-state index is 11.3. The molecule has 0 N–H and O–H groups in total. The van der Waals surface area contributed by atoms with E-state index in [1.54, 1.807) is 6.07 Å². The van der Waals surface area contributed by atoms with E-state index in [4.69, 9.17) is 15.1 Å². The van der Waals surface area contributed by atoms with Crippen LogP contribution in [0.25, 0.3) is 22.6 Å². The Morgan fingerprint density at radius 1 is 1.10 bits per heavy atom. The summed E-state index contributed by atoms with van der Waals surface area (Å²) >= 11 is 0. The number of aryl methyl sites for hydroxylation is 1. The Morgan fingerprint density at radius 2 is 1.80 bits per heavy atom. The van der Waals surface area contributed by atoms with Crippen LogP contribution in [0.3, 0.4) is 0 Å². The van der Waals surface area contributed by atoms with Crippen molar-refractivity contribution in [1.82, 2.24) is 4.98 Å². The molecule has 0 fully saturated rings. The van der Waals surface area contributed by atoms with Crippen molar-refractivity contribution < 1.29 is 12.8 Å². The molecule has 3 aromatic rings. The van der Waals surface area contributed by atoms with Crippen LogP contribution in [0.15, 0.2) is 51.8 Å². The molecule has 3 rings (SSSR count). The quantitative estimate of drug-likeness (QED) is 0.677. The fourth-order valence-electron chi connectivity index (χ4n) is 1.88. The third kappa shape index (κ3) is 2.42. The molecule has 0 bridgehead atoms. The molecule has 0 saturated heterocycles. The summed E-state index contributed by atoms with van der Waals surface area (Å²) in [5.74, 6) is 0.448. The number of hydrogen-bond acceptors (Lipinski definition) is 4. The Labute approximate surface area is 120 Å². The first-order chi connectivity index (χ1) is 9.43. The normalized spacial score (nSPS) is 11.9. The minimum Gasteiger partial charge on any atom is -0.436 e. The molecule has 0 atom stereocenters. The van der Waals surface area contributed by atoms with Crippen LogP contribution >= 0.6 is 10.7 Å². The highest BCUT2D eigenvalue weighted by Crippen LogP contribution is 2.27. The Morgan fingerprint density at radius 3 is 2.45 bits per heavy atom. The van der Waals surface area contributed by atoms with Gasteiger partial charge < -0.3 is 4.42 Å². The van der Waals surface area contributed by atoms with Crippen molar-refractivity contribution in [3.63, 3.8) is 0 Å². The highest BCUT2D eigenvalue weighted by molar-refractivity contribution is 8.13. The van der Waals surface area contributed by atoms with Crippen molar-refractivity contribution in [2.24, 2.45) is 0 Å². The second-order valence-corrected chi connectivity index (χ2v) is 7.02. The Kier molecular flexibility index (Phi) is 3.03. The predicted molar refractivity (Wildman–Crippen MR) is 77.2 cm³/mol. The molecule has 102 valence electrons. The third-order valence-corrected chi connectivity index (χ3v) is 4.29. The van der Waals surface area contributed by atoms with Gasteiger partial charge in [0.25, 0.3) is 9.05 Å². The van der Waals surface area contributed by atoms with Gasteiger partial charge in [0.05, 0.1) is 4.90 Å². The molecule has 1 aromatic heterocycles. The molecule has 2 aromatic carbocycles. The number of benzene rings is 2. The number of fused-ring (bicyclic) bond motifs is 1. The van der Waals surface area contributed by atoms with E-state index in [1.807, 2.05) is 31.2 Å². The summed E-state index contributed by atoms with van der Waals surface area (Å²) in [4.78, 5) is 4.33. The van der Waals surface area contributed by atoms with Gasteiger partial charge in [-0.1, -0.05) is 17.7 Å². The fraction of sp³-hybridized carbons (Fsp3) is 0.0714. The van der Waals surface area contributed by atoms with E-state index in [1.165, 1.54) is 12.1 Å². The van der Waals surface area contributed by atoms with Crippen molar-refractivity contribution in [3.05, 3.63) is 48.0 Å². The lowest BCUT2D eigenvalue weighted by molar-refractivity contribution is 0.606. The summed E-state index contributed by atoms with van der Waals surface area (Å²) < 4.78 is 28.2. The molecule has 6 heteroatoms. The van der Waals surface area contributed by atoms with Crippen LogP contribution in [0, 0.1) is 6.92 Å². The molecule has 0 radical (unpaired) electrons. The van der Waals surface area contributed by atoms with Gasteiger partial charge in [-0.25, -0.2) is 13.4 Å². The highest BCUT2D eigenvalue weighted by Gasteiger charge is 2.14. The van der Waals surface area contributed by atoms with Gasteiger partial charge in [-0.05, 0) is 31.2 Å². The summed E-state index contributed by atoms with van der Waals surface area (Å²) in [6, 6.07) is 12.1. The van der Waals surface area contributed by atoms with E-state index in [9.17, 15) is 8.42 Å². The molecule has 0 unspecified atom stereocenters. The summed E-state index contributed by atoms with van der Waals surface area (Å²) in [5.41, 5.74) is 2.95. The van der Waals surface area contributed by atoms with Gasteiger partial charge in [-0.2, -0.15) is 0 Å². The molecule has 20 heavy (non-hydrogen) atoms. The molecule has 1 heterocycles. The van der Waals surface area contributed by atoms with Gasteiger partial charge in [-0.3, -0.25) is 0 Å². The number of halogens is 1. The Bertz CT molecular complexity index is 882. The van der Waals surface area contributed by atoms with Crippen molar-refractivity contribution in [2.45, 2.75) is 11.8 Å². The number of rotatable bonds is 2. The zero-order valence-corrected chi connectivity index (χ0v) is 12.1. The number of hydrogen-bond donors (Lipinski definition) is 0. The maximum Gasteiger partial charge on any atom is 0.261 e. The van der Waals surface area contributed by atoms with E-state index < -0.39 is 9.05 Å². The van der Waals surface area contributed by atoms with Crippen LogP contribution in [0.2, 0.25) is 0 Å². The largest absolute Gasteiger partial charge is 0.436 e. The smallest absolute Gasteiger partial charge is 0.261 e. The minimum absolute atomic E-state index is 0.00160. The van der Waals surface area contributed by atoms with Crippen molar-refractivity contribution in [2.75, 3.05) is 0 Å². The molecular weight excluding hydrogens is 298 g/mol. The zero-order chi connectivity index (χ0) is 14.3. The number of oxazole rings is 1. The van der Waals surface area contributed by atoms with E-state index in [-0.39, 0.29) is 4.90 Å². The lowest BCUT2D eigenvalue weighted by Crippen LogP contribution is -1.88. The standard InChI is InChI=1S/C14H10ClNO3S/c1-9-2-4-10(5-3-9)14-16-12-7-6-11(20(15,17)18)8-13(12)19-14/h2-8H,1H3. The van der Waals surface area contributed by atoms with E-state index in [2.05, 4.69) is 4.98 Å². The fourth-order valence-corrected chi connectivity index (χ4v) is 2.64. The number of aromatic nitrogens is 1. The monoisotopic (exact) mass is 307 g/mol. The van der Waals surface area contributed by atoms with Crippen LogP contribution in [-0.4, -0.2) is 13.4 Å². The molecular formula is C14H10ClNO3S. The van der Waals surface area contributed by atoms with Gasteiger partial charge in [0.1, 0.15) is 5.52 Å². The number of nitrogens with zero attached hydrogens (tertiary/aromatic N) is 1. The summed E-state index contributed by atoms with van der Waals surface area (Å²) in [6.45, 7) is 1.99. The topological polar surface area (TPSA) is 60.2 Å². The van der Waals surface area contributed by atoms with E-state index >= 15 is 0 Å². The average Bonchev–Trinajstić information content (AvgIpc) is 2.81. The molecule has 0 amide bonds. The van der Waals surface area contributed by atoms with Crippen LogP contribution in [0.1, 0.15) is 5.56 Å². The van der Waals surface area contributed by atoms with Crippen LogP contribution < -0.4 is 0 Å². The molecule has 0 spiro atoms. The van der Waals surface area contributed by atoms with Gasteiger partial charge >= 0.3 is 0 Å². The molecule has 4 nitrogen and oxygen atoms in total. The van der Waals surface area contributed by atoms with E-state index in [0.717, 1.165) is 11.1 Å². The predicted octanol–water partition coefficient (Wildman–Crippen LogP) is 3.73. The van der Waals surface area contributed by atoms with Gasteiger partial charge in [0.15, 0.2) is 5.58 Å². The first kappa shape index (κ1) is 13.1. The molecule has 0 aliphatic rings. The Hall–Kier alpha value is -1.85. The van der Waals surface area contributed by atoms with Crippen LogP contribution in [0.5, 0.6) is 0 Å². The van der Waals surface area contributed by atoms with Gasteiger partial charge in [0, 0.05) is 22.3 Å². The summed E-state index contributed by atoms with van der Waals surface area (Å²) in [6.07, 6.45) is 0. The maximum atomic E-state index is 11.3. The van der Waals surface area contributed by atoms with E-state index in [0.29, 0.717) is 17.0 Å². The first-order valence-corrected chi connectivity index (χ1v) is 8.17. The van der Waals surface area contributed by atoms with Crippen molar-refractivity contribution in [3.8, 4) is 11.5 Å². The lowest BCUT2D eigenvalue weighted by atomic mass is 10.1. The van der Waals surface area contributed by atoms with Crippen molar-refractivity contribution in [1.29, 1.82) is 0 Å². The van der Waals surface area contributed by atoms with Gasteiger partial charge in [0.2, 0.25) is 5.89 Å². The van der Waals surface area contributed by atoms with Crippen molar-refractivity contribution >= 4 is 30.8 Å². The third-order valence-electron chi connectivity index (χ3n) is 2.94. The summed E-state index contributed by atoms with van der Waals surface area (Å²) in [7, 11) is 1.54. The van der Waals surface area contributed by atoms with Gasteiger partial charge in [-0.15, -0.1) is 0 Å². The second-order valence-electron chi connectivity index (χ2n) is 4.45. The SMILES string of the molecule is Cc1ccc(-c2nc3ccc(S(=O)(=O)Cl)cc3o2)cc1.